The molecule has 3 aromatic carbocycles. The second-order valence-corrected chi connectivity index (χ2v) is 9.43. The van der Waals surface area contributed by atoms with Crippen LogP contribution in [0.2, 0.25) is 10.0 Å². The molecule has 0 bridgehead atoms. The van der Waals surface area contributed by atoms with Gasteiger partial charge in [-0.25, -0.2) is 4.98 Å². The third kappa shape index (κ3) is 5.29. The number of nitrogens with zero attached hydrogens (tertiary/aromatic N) is 1. The lowest BCUT2D eigenvalue weighted by molar-refractivity contribution is -0.113. The quantitative estimate of drug-likeness (QED) is 0.269. The summed E-state index contributed by atoms with van der Waals surface area (Å²) in [5.74, 6) is 1.05. The average Bonchev–Trinajstić information content (AvgIpc) is 3.23. The highest BCUT2D eigenvalue weighted by molar-refractivity contribution is 8.00. The van der Waals surface area contributed by atoms with Crippen LogP contribution in [-0.4, -0.2) is 16.6 Å². The Morgan fingerprint density at radius 1 is 1.09 bits per heavy atom. The van der Waals surface area contributed by atoms with Gasteiger partial charge in [-0.3, -0.25) is 4.79 Å². The number of benzene rings is 3. The zero-order valence-corrected chi connectivity index (χ0v) is 20.0. The van der Waals surface area contributed by atoms with Crippen LogP contribution in [0.1, 0.15) is 31.7 Å². The van der Waals surface area contributed by atoms with E-state index in [2.05, 4.69) is 36.3 Å². The van der Waals surface area contributed by atoms with Crippen molar-refractivity contribution in [2.45, 2.75) is 31.1 Å². The molecule has 1 N–H and O–H groups in total. The number of carbonyl (C=O) groups excluding carboxylic acids is 1. The number of aromatic nitrogens is 1. The van der Waals surface area contributed by atoms with E-state index < -0.39 is 0 Å². The number of oxazole rings is 1. The van der Waals surface area contributed by atoms with Crippen molar-refractivity contribution in [1.82, 2.24) is 4.98 Å². The maximum absolute atomic E-state index is 12.5. The number of nitrogens with one attached hydrogen (secondary N) is 1. The van der Waals surface area contributed by atoms with Crippen molar-refractivity contribution < 1.29 is 9.21 Å². The van der Waals surface area contributed by atoms with Gasteiger partial charge in [-0.05, 0) is 72.5 Å². The van der Waals surface area contributed by atoms with Crippen molar-refractivity contribution in [1.29, 1.82) is 0 Å². The fourth-order valence-electron chi connectivity index (χ4n) is 3.23. The maximum Gasteiger partial charge on any atom is 0.234 e. The summed E-state index contributed by atoms with van der Waals surface area (Å²) in [6, 6.07) is 18.8. The Bertz CT molecular complexity index is 1250. The summed E-state index contributed by atoms with van der Waals surface area (Å²) in [4.78, 5) is 18.1. The number of hydrogen-bond donors (Lipinski definition) is 1. The topological polar surface area (TPSA) is 55.1 Å². The smallest absolute Gasteiger partial charge is 0.234 e. The van der Waals surface area contributed by atoms with Gasteiger partial charge in [0, 0.05) is 15.5 Å². The molecule has 1 atom stereocenters. The van der Waals surface area contributed by atoms with E-state index in [4.69, 9.17) is 27.6 Å². The lowest BCUT2D eigenvalue weighted by atomic mass is 9.98. The molecule has 0 saturated heterocycles. The first-order chi connectivity index (χ1) is 15.4. The molecule has 32 heavy (non-hydrogen) atoms. The number of halogens is 2. The van der Waals surface area contributed by atoms with Crippen LogP contribution in [0.5, 0.6) is 0 Å². The van der Waals surface area contributed by atoms with Crippen LogP contribution in [0.15, 0.2) is 70.0 Å². The Morgan fingerprint density at radius 2 is 1.88 bits per heavy atom. The minimum absolute atomic E-state index is 0.153. The highest BCUT2D eigenvalue weighted by atomic mass is 35.5. The molecule has 0 aliphatic carbocycles. The zero-order valence-electron chi connectivity index (χ0n) is 17.7. The molecule has 4 nitrogen and oxygen atoms in total. The number of thioether (sulfide) groups is 1. The van der Waals surface area contributed by atoms with Gasteiger partial charge in [-0.1, -0.05) is 43.1 Å². The fraction of sp³-hybridized carbons (Fsp3) is 0.200. The number of fused-ring (bicyclic) bond motifs is 1. The van der Waals surface area contributed by atoms with Crippen molar-refractivity contribution in [3.8, 4) is 11.5 Å². The Labute approximate surface area is 201 Å². The molecule has 0 unspecified atom stereocenters. The van der Waals surface area contributed by atoms with Gasteiger partial charge in [-0.2, -0.15) is 0 Å². The first-order valence-electron chi connectivity index (χ1n) is 10.3. The van der Waals surface area contributed by atoms with E-state index in [0.29, 0.717) is 27.5 Å². The molecule has 0 radical (unpaired) electrons. The molecule has 0 aliphatic heterocycles. The predicted octanol–water partition coefficient (Wildman–Crippen LogP) is 8.05. The molecule has 4 rings (SSSR count). The predicted molar refractivity (Wildman–Crippen MR) is 134 cm³/mol. The second-order valence-electron chi connectivity index (χ2n) is 7.54. The maximum atomic E-state index is 12.5. The summed E-state index contributed by atoms with van der Waals surface area (Å²) >= 11 is 13.7. The summed E-state index contributed by atoms with van der Waals surface area (Å²) in [5, 5.41) is 4.00. The second kappa shape index (κ2) is 9.99. The van der Waals surface area contributed by atoms with Gasteiger partial charge in [-0.15, -0.1) is 11.8 Å². The van der Waals surface area contributed by atoms with Gasteiger partial charge >= 0.3 is 0 Å². The number of rotatable bonds is 7. The normalized spacial score (nSPS) is 12.1. The van der Waals surface area contributed by atoms with Crippen LogP contribution in [0.3, 0.4) is 0 Å². The summed E-state index contributed by atoms with van der Waals surface area (Å²) in [7, 11) is 0. The van der Waals surface area contributed by atoms with Gasteiger partial charge < -0.3 is 9.73 Å². The summed E-state index contributed by atoms with van der Waals surface area (Å²) < 4.78 is 5.96. The van der Waals surface area contributed by atoms with Crippen molar-refractivity contribution in [2.24, 2.45) is 0 Å². The van der Waals surface area contributed by atoms with Crippen molar-refractivity contribution in [2.75, 3.05) is 11.1 Å². The molecule has 7 heteroatoms. The Morgan fingerprint density at radius 3 is 2.62 bits per heavy atom. The number of carbonyl (C=O) groups is 1. The van der Waals surface area contributed by atoms with Crippen molar-refractivity contribution in [3.05, 3.63) is 76.3 Å². The zero-order chi connectivity index (χ0) is 22.7. The van der Waals surface area contributed by atoms with Crippen LogP contribution in [-0.2, 0) is 4.79 Å². The number of hydrogen-bond acceptors (Lipinski definition) is 4. The van der Waals surface area contributed by atoms with Gasteiger partial charge in [0.15, 0.2) is 5.58 Å². The van der Waals surface area contributed by atoms with Crippen molar-refractivity contribution >= 4 is 57.7 Å². The lowest BCUT2D eigenvalue weighted by Crippen LogP contribution is -2.14. The summed E-state index contributed by atoms with van der Waals surface area (Å²) in [5.41, 5.74) is 4.05. The Balaban J connectivity index is 1.50. The highest BCUT2D eigenvalue weighted by Gasteiger charge is 2.14. The third-order valence-electron chi connectivity index (χ3n) is 5.26. The minimum atomic E-state index is -0.153. The molecule has 0 fully saturated rings. The fourth-order valence-corrected chi connectivity index (χ4v) is 4.22. The number of anilines is 1. The molecular weight excluding hydrogens is 463 g/mol. The Kier molecular flexibility index (Phi) is 7.09. The van der Waals surface area contributed by atoms with Crippen LogP contribution in [0.4, 0.5) is 5.69 Å². The molecular formula is C25H22Cl2N2O2S. The molecule has 0 spiro atoms. The molecule has 1 heterocycles. The largest absolute Gasteiger partial charge is 0.436 e. The van der Waals surface area contributed by atoms with E-state index in [1.807, 2.05) is 24.3 Å². The highest BCUT2D eigenvalue weighted by Crippen LogP contribution is 2.32. The average molecular weight is 485 g/mol. The van der Waals surface area contributed by atoms with Crippen LogP contribution in [0.25, 0.3) is 22.6 Å². The first kappa shape index (κ1) is 22.7. The van der Waals surface area contributed by atoms with E-state index in [0.717, 1.165) is 28.0 Å². The standard InChI is InChI=1S/C25H22Cl2N2O2S/c1-3-15(2)16-5-11-23-22(12-16)29-25(31-23)17-4-10-20(27)21(13-17)28-24(30)14-32-19-8-6-18(26)7-9-19/h4-13,15H,3,14H2,1-2H3,(H,28,30)/t15-/m1/s1. The molecule has 4 aromatic rings. The van der Waals surface area contributed by atoms with E-state index in [1.54, 1.807) is 24.3 Å². The summed E-state index contributed by atoms with van der Waals surface area (Å²) in [6.45, 7) is 4.36. The van der Waals surface area contributed by atoms with Gasteiger partial charge in [0.05, 0.1) is 16.5 Å². The van der Waals surface area contributed by atoms with Crippen LogP contribution >= 0.6 is 35.0 Å². The molecule has 164 valence electrons. The SMILES string of the molecule is CC[C@@H](C)c1ccc2oc(-c3ccc(Cl)c(NC(=O)CSc4ccc(Cl)cc4)c3)nc2c1. The van der Waals surface area contributed by atoms with E-state index in [9.17, 15) is 4.79 Å². The van der Waals surface area contributed by atoms with E-state index in [-0.39, 0.29) is 11.7 Å². The first-order valence-corrected chi connectivity index (χ1v) is 12.1. The van der Waals surface area contributed by atoms with E-state index >= 15 is 0 Å². The molecule has 1 amide bonds. The third-order valence-corrected chi connectivity index (χ3v) is 6.86. The molecule has 0 aliphatic rings. The lowest BCUT2D eigenvalue weighted by Gasteiger charge is -2.08. The van der Waals surface area contributed by atoms with Gasteiger partial charge in [0.2, 0.25) is 11.8 Å². The van der Waals surface area contributed by atoms with Gasteiger partial charge in [0.1, 0.15) is 5.52 Å². The van der Waals surface area contributed by atoms with Gasteiger partial charge in [0.25, 0.3) is 0 Å². The Hall–Kier alpha value is -2.47. The number of amides is 1. The van der Waals surface area contributed by atoms with Crippen LogP contribution < -0.4 is 5.32 Å². The summed E-state index contributed by atoms with van der Waals surface area (Å²) in [6.07, 6.45) is 1.06. The monoisotopic (exact) mass is 484 g/mol. The minimum Gasteiger partial charge on any atom is -0.436 e. The molecule has 1 aromatic heterocycles. The molecule has 0 saturated carbocycles. The van der Waals surface area contributed by atoms with Crippen LogP contribution in [0, 0.1) is 0 Å². The van der Waals surface area contributed by atoms with E-state index in [1.165, 1.54) is 17.3 Å². The van der Waals surface area contributed by atoms with Crippen molar-refractivity contribution in [3.63, 3.8) is 0 Å².